The van der Waals surface area contributed by atoms with Gasteiger partial charge in [0.15, 0.2) is 0 Å². The smallest absolute Gasteiger partial charge is 0.316 e. The van der Waals surface area contributed by atoms with Gasteiger partial charge in [0, 0.05) is 0 Å². The number of alkyl halides is 2. The molecule has 0 spiro atoms. The summed E-state index contributed by atoms with van der Waals surface area (Å²) in [6.07, 6.45) is 17.8. The molecule has 3 aliphatic rings. The topological polar surface area (TPSA) is 9.23 Å². The molecule has 2 saturated carbocycles. The quantitative estimate of drug-likeness (QED) is 0.282. The fourth-order valence-corrected chi connectivity index (χ4v) is 6.21. The molecule has 1 nitrogen and oxygen atoms in total. The molecule has 0 aromatic carbocycles. The van der Waals surface area contributed by atoms with E-state index in [4.69, 9.17) is 4.74 Å². The largest absolute Gasteiger partial charge is 0.361 e. The van der Waals surface area contributed by atoms with Crippen molar-refractivity contribution in [1.29, 1.82) is 0 Å². The SMILES string of the molecule is CC=CCCC1CCC([C@H]2[C@H](C3CCC(CCCCC)CC3)OC2(F)F)CC1. The van der Waals surface area contributed by atoms with Crippen molar-refractivity contribution in [3.63, 3.8) is 0 Å². The third-order valence-electron chi connectivity index (χ3n) is 7.98. The van der Waals surface area contributed by atoms with Gasteiger partial charge < -0.3 is 4.74 Å². The van der Waals surface area contributed by atoms with E-state index < -0.39 is 12.0 Å². The Labute approximate surface area is 171 Å². The summed E-state index contributed by atoms with van der Waals surface area (Å²) in [5.41, 5.74) is 0. The zero-order valence-electron chi connectivity index (χ0n) is 18.2. The lowest BCUT2D eigenvalue weighted by molar-refractivity contribution is -0.418. The van der Waals surface area contributed by atoms with Crippen LogP contribution in [-0.4, -0.2) is 12.2 Å². The number of hydrogen-bond acceptors (Lipinski definition) is 1. The van der Waals surface area contributed by atoms with Crippen LogP contribution in [0.15, 0.2) is 12.2 Å². The van der Waals surface area contributed by atoms with Crippen LogP contribution in [0.2, 0.25) is 0 Å². The van der Waals surface area contributed by atoms with Crippen LogP contribution >= 0.6 is 0 Å². The van der Waals surface area contributed by atoms with Crippen LogP contribution in [-0.2, 0) is 4.74 Å². The van der Waals surface area contributed by atoms with Crippen LogP contribution < -0.4 is 0 Å². The maximum atomic E-state index is 14.4. The molecule has 3 fully saturated rings. The minimum Gasteiger partial charge on any atom is -0.316 e. The highest BCUT2D eigenvalue weighted by atomic mass is 19.3. The van der Waals surface area contributed by atoms with Gasteiger partial charge in [-0.15, -0.1) is 0 Å². The number of ether oxygens (including phenoxy) is 1. The number of rotatable bonds is 9. The maximum absolute atomic E-state index is 14.4. The normalized spacial score (nSPS) is 38.4. The molecule has 0 aromatic heterocycles. The third kappa shape index (κ3) is 5.58. The zero-order valence-corrected chi connectivity index (χ0v) is 18.2. The molecule has 0 amide bonds. The van der Waals surface area contributed by atoms with Crippen LogP contribution in [0, 0.1) is 29.6 Å². The Morgan fingerprint density at radius 3 is 2.04 bits per heavy atom. The fraction of sp³-hybridized carbons (Fsp3) is 0.920. The lowest BCUT2D eigenvalue weighted by Gasteiger charge is -2.53. The molecule has 2 atom stereocenters. The minimum atomic E-state index is -2.87. The van der Waals surface area contributed by atoms with Gasteiger partial charge in [0.05, 0.1) is 12.0 Å². The summed E-state index contributed by atoms with van der Waals surface area (Å²) in [6.45, 7) is 4.31. The van der Waals surface area contributed by atoms with E-state index in [-0.39, 0.29) is 12.0 Å². The van der Waals surface area contributed by atoms with Gasteiger partial charge in [0.1, 0.15) is 0 Å². The minimum absolute atomic E-state index is 0.170. The fourth-order valence-electron chi connectivity index (χ4n) is 6.21. The van der Waals surface area contributed by atoms with Crippen molar-refractivity contribution in [2.24, 2.45) is 29.6 Å². The molecule has 162 valence electrons. The van der Waals surface area contributed by atoms with E-state index in [1.807, 2.05) is 0 Å². The van der Waals surface area contributed by atoms with Gasteiger partial charge in [-0.1, -0.05) is 70.4 Å². The zero-order chi connectivity index (χ0) is 20.0. The molecule has 0 radical (unpaired) electrons. The summed E-state index contributed by atoms with van der Waals surface area (Å²) in [5, 5.41) is 0. The number of hydrogen-bond donors (Lipinski definition) is 0. The van der Waals surface area contributed by atoms with E-state index in [9.17, 15) is 8.78 Å². The second-order valence-corrected chi connectivity index (χ2v) is 9.87. The van der Waals surface area contributed by atoms with E-state index in [1.165, 1.54) is 44.9 Å². The predicted molar refractivity (Wildman–Crippen MR) is 112 cm³/mol. The monoisotopic (exact) mass is 396 g/mol. The first-order valence-electron chi connectivity index (χ1n) is 12.2. The van der Waals surface area contributed by atoms with Crippen LogP contribution in [0.25, 0.3) is 0 Å². The van der Waals surface area contributed by atoms with Crippen LogP contribution in [0.3, 0.4) is 0 Å². The molecule has 3 rings (SSSR count). The van der Waals surface area contributed by atoms with Gasteiger partial charge in [-0.05, 0) is 69.1 Å². The van der Waals surface area contributed by atoms with E-state index in [0.29, 0.717) is 5.92 Å². The highest BCUT2D eigenvalue weighted by molar-refractivity contribution is 4.98. The average molecular weight is 397 g/mol. The van der Waals surface area contributed by atoms with Gasteiger partial charge in [0.25, 0.3) is 0 Å². The number of allylic oxidation sites excluding steroid dienone is 2. The highest BCUT2D eigenvalue weighted by Gasteiger charge is 2.62. The van der Waals surface area contributed by atoms with Crippen molar-refractivity contribution in [2.45, 2.75) is 116 Å². The first-order valence-corrected chi connectivity index (χ1v) is 12.2. The van der Waals surface area contributed by atoms with Gasteiger partial charge in [-0.25, -0.2) is 0 Å². The molecule has 1 saturated heterocycles. The Hall–Kier alpha value is -0.440. The molecular formula is C25H42F2O. The Balaban J connectivity index is 1.45. The summed E-state index contributed by atoms with van der Waals surface area (Å²) in [7, 11) is 0. The van der Waals surface area contributed by atoms with Gasteiger partial charge in [0.2, 0.25) is 0 Å². The van der Waals surface area contributed by atoms with E-state index in [1.54, 1.807) is 0 Å². The predicted octanol–water partition coefficient (Wildman–Crippen LogP) is 8.14. The molecule has 1 heterocycles. The van der Waals surface area contributed by atoms with Gasteiger partial charge >= 0.3 is 6.11 Å². The van der Waals surface area contributed by atoms with Crippen molar-refractivity contribution < 1.29 is 13.5 Å². The van der Waals surface area contributed by atoms with Crippen LogP contribution in [0.5, 0.6) is 0 Å². The molecule has 0 aromatic rings. The second-order valence-electron chi connectivity index (χ2n) is 9.87. The average Bonchev–Trinajstić information content (AvgIpc) is 2.69. The van der Waals surface area contributed by atoms with Gasteiger partial charge in [-0.2, -0.15) is 8.78 Å². The van der Waals surface area contributed by atoms with Crippen LogP contribution in [0.1, 0.15) is 104 Å². The number of halogens is 2. The van der Waals surface area contributed by atoms with Crippen molar-refractivity contribution in [3.8, 4) is 0 Å². The molecule has 28 heavy (non-hydrogen) atoms. The van der Waals surface area contributed by atoms with Gasteiger partial charge in [-0.3, -0.25) is 0 Å². The van der Waals surface area contributed by atoms with E-state index in [0.717, 1.165) is 56.8 Å². The molecular weight excluding hydrogens is 354 g/mol. The Morgan fingerprint density at radius 2 is 1.46 bits per heavy atom. The first-order chi connectivity index (χ1) is 13.5. The summed E-state index contributed by atoms with van der Waals surface area (Å²) in [6, 6.07) is 0. The molecule has 0 unspecified atom stereocenters. The Bertz CT molecular complexity index is 473. The molecule has 1 aliphatic heterocycles. The molecule has 2 aliphatic carbocycles. The van der Waals surface area contributed by atoms with Crippen molar-refractivity contribution in [3.05, 3.63) is 12.2 Å². The van der Waals surface area contributed by atoms with Crippen molar-refractivity contribution in [1.82, 2.24) is 0 Å². The van der Waals surface area contributed by atoms with Crippen LogP contribution in [0.4, 0.5) is 8.78 Å². The maximum Gasteiger partial charge on any atom is 0.361 e. The summed E-state index contributed by atoms with van der Waals surface area (Å²) < 4.78 is 34.0. The molecule has 3 heteroatoms. The third-order valence-corrected chi connectivity index (χ3v) is 7.98. The lowest BCUT2D eigenvalue weighted by Crippen LogP contribution is -2.61. The lowest BCUT2D eigenvalue weighted by atomic mass is 9.65. The summed E-state index contributed by atoms with van der Waals surface area (Å²) in [4.78, 5) is 0. The molecule has 0 N–H and O–H groups in total. The second kappa shape index (κ2) is 10.5. The molecule has 0 bridgehead atoms. The summed E-state index contributed by atoms with van der Waals surface area (Å²) >= 11 is 0. The highest BCUT2D eigenvalue weighted by Crippen LogP contribution is 2.55. The van der Waals surface area contributed by atoms with E-state index >= 15 is 0 Å². The summed E-state index contributed by atoms with van der Waals surface area (Å²) in [5.74, 6) is 1.60. The Morgan fingerprint density at radius 1 is 0.857 bits per heavy atom. The number of unbranched alkanes of at least 4 members (excludes halogenated alkanes) is 2. The standard InChI is InChI=1S/C25H42F2O/c1-3-5-7-9-19-11-15-21(16-12-19)23-24(28-25(23,26)27)22-17-13-20(14-18-22)10-8-6-4-2/h3,5,19-24H,4,6-18H2,1-2H3/t19?,20?,21?,22?,23-,24-/m0/s1. The Kier molecular flexibility index (Phi) is 8.38. The van der Waals surface area contributed by atoms with E-state index in [2.05, 4.69) is 26.0 Å². The van der Waals surface area contributed by atoms with Crippen molar-refractivity contribution >= 4 is 0 Å². The first kappa shape index (κ1) is 22.2. The van der Waals surface area contributed by atoms with Crippen molar-refractivity contribution in [2.75, 3.05) is 0 Å².